The number of halogens is 1. The van der Waals surface area contributed by atoms with Gasteiger partial charge in [0.1, 0.15) is 24.7 Å². The van der Waals surface area contributed by atoms with Crippen LogP contribution in [0.3, 0.4) is 0 Å². The lowest BCUT2D eigenvalue weighted by atomic mass is 9.79. The number of fused-ring (bicyclic) bond motifs is 5. The van der Waals surface area contributed by atoms with E-state index in [0.29, 0.717) is 28.2 Å². The average molecular weight is 385 g/mol. The molecule has 136 valence electrons. The first-order valence-electron chi connectivity index (χ1n) is 8.48. The lowest BCUT2D eigenvalue weighted by Gasteiger charge is -2.21. The highest BCUT2D eigenvalue weighted by Crippen LogP contribution is 2.52. The van der Waals surface area contributed by atoms with Gasteiger partial charge in [-0.05, 0) is 41.9 Å². The molecule has 6 rings (SSSR count). The Labute approximate surface area is 158 Å². The van der Waals surface area contributed by atoms with Gasteiger partial charge in [-0.1, -0.05) is 0 Å². The van der Waals surface area contributed by atoms with Gasteiger partial charge in [0.15, 0.2) is 22.1 Å². The third-order valence-corrected chi connectivity index (χ3v) is 5.54. The highest BCUT2D eigenvalue weighted by molar-refractivity contribution is 6.28. The van der Waals surface area contributed by atoms with Gasteiger partial charge in [0.05, 0.1) is 5.69 Å². The maximum atomic E-state index is 13.6. The standard InChI is InChI=1S/C19H13ClN2O5/c20-17-4-3-11(27-17)8-22-18(23)19(16-2-1-5-21(16)22)9-24-13-7-15-14(6-12(13)19)25-10-26-15/h1-7H,8-10H2. The maximum absolute atomic E-state index is 13.6. The van der Waals surface area contributed by atoms with Gasteiger partial charge in [-0.3, -0.25) is 9.47 Å². The van der Waals surface area contributed by atoms with Crippen LogP contribution in [0.5, 0.6) is 17.2 Å². The minimum absolute atomic E-state index is 0.0803. The summed E-state index contributed by atoms with van der Waals surface area (Å²) in [6.07, 6.45) is 1.86. The largest absolute Gasteiger partial charge is 0.491 e. The van der Waals surface area contributed by atoms with E-state index in [2.05, 4.69) is 0 Å². The molecule has 2 aromatic heterocycles. The van der Waals surface area contributed by atoms with E-state index in [4.69, 9.17) is 30.2 Å². The molecule has 7 nitrogen and oxygen atoms in total. The SMILES string of the molecule is O=C1N(Cc2ccc(Cl)o2)n2cccc2C12COc1cc3c(cc12)OCO3. The fourth-order valence-corrected chi connectivity index (χ4v) is 4.27. The van der Waals surface area contributed by atoms with Crippen LogP contribution in [0.25, 0.3) is 0 Å². The molecule has 8 heteroatoms. The summed E-state index contributed by atoms with van der Waals surface area (Å²) in [6.45, 7) is 0.666. The van der Waals surface area contributed by atoms with Gasteiger partial charge in [0.2, 0.25) is 6.79 Å². The highest BCUT2D eigenvalue weighted by Gasteiger charge is 2.58. The van der Waals surface area contributed by atoms with Crippen LogP contribution in [0.1, 0.15) is 17.0 Å². The zero-order chi connectivity index (χ0) is 18.2. The molecule has 0 saturated carbocycles. The van der Waals surface area contributed by atoms with Gasteiger partial charge in [-0.2, -0.15) is 0 Å². The summed E-state index contributed by atoms with van der Waals surface area (Å²) < 4.78 is 24.2. The zero-order valence-corrected chi connectivity index (χ0v) is 14.7. The van der Waals surface area contributed by atoms with E-state index in [1.807, 2.05) is 29.1 Å². The average Bonchev–Trinajstić information content (AvgIpc) is 3.44. The molecule has 3 aliphatic rings. The van der Waals surface area contributed by atoms with Crippen LogP contribution in [-0.2, 0) is 16.8 Å². The summed E-state index contributed by atoms with van der Waals surface area (Å²) in [5.74, 6) is 2.43. The number of nitrogens with zero attached hydrogens (tertiary/aromatic N) is 2. The Morgan fingerprint density at radius 1 is 1.07 bits per heavy atom. The Morgan fingerprint density at radius 2 is 1.93 bits per heavy atom. The predicted octanol–water partition coefficient (Wildman–Crippen LogP) is 2.82. The number of carbonyl (C=O) groups is 1. The molecular weight excluding hydrogens is 372 g/mol. The van der Waals surface area contributed by atoms with E-state index in [-0.39, 0.29) is 25.9 Å². The number of hydrogen-bond donors (Lipinski definition) is 0. The van der Waals surface area contributed by atoms with E-state index in [1.165, 1.54) is 0 Å². The second-order valence-electron chi connectivity index (χ2n) is 6.70. The van der Waals surface area contributed by atoms with Crippen LogP contribution in [0.2, 0.25) is 5.22 Å². The molecule has 27 heavy (non-hydrogen) atoms. The second-order valence-corrected chi connectivity index (χ2v) is 7.07. The first kappa shape index (κ1) is 15.0. The fourth-order valence-electron chi connectivity index (χ4n) is 4.11. The van der Waals surface area contributed by atoms with Crippen LogP contribution in [0.15, 0.2) is 47.0 Å². The summed E-state index contributed by atoms with van der Waals surface area (Å²) in [5.41, 5.74) is 0.718. The molecule has 0 N–H and O–H groups in total. The van der Waals surface area contributed by atoms with E-state index in [9.17, 15) is 4.79 Å². The smallest absolute Gasteiger partial charge is 0.262 e. The number of ether oxygens (including phenoxy) is 3. The van der Waals surface area contributed by atoms with Crippen molar-refractivity contribution in [1.82, 2.24) is 4.68 Å². The summed E-state index contributed by atoms with van der Waals surface area (Å²) >= 11 is 5.88. The lowest BCUT2D eigenvalue weighted by Crippen LogP contribution is -2.43. The first-order valence-corrected chi connectivity index (χ1v) is 8.86. The molecule has 0 bridgehead atoms. The summed E-state index contributed by atoms with van der Waals surface area (Å²) in [6, 6.07) is 10.9. The van der Waals surface area contributed by atoms with Gasteiger partial charge >= 0.3 is 0 Å². The third-order valence-electron chi connectivity index (χ3n) is 5.34. The molecule has 0 aliphatic carbocycles. The summed E-state index contributed by atoms with van der Waals surface area (Å²) in [5, 5.41) is 1.94. The quantitative estimate of drug-likeness (QED) is 0.679. The first-order chi connectivity index (χ1) is 13.2. The van der Waals surface area contributed by atoms with Gasteiger partial charge in [0, 0.05) is 17.8 Å². The zero-order valence-electron chi connectivity index (χ0n) is 14.0. The molecule has 0 radical (unpaired) electrons. The van der Waals surface area contributed by atoms with E-state index >= 15 is 0 Å². The molecule has 1 aromatic carbocycles. The Bertz CT molecular complexity index is 1100. The normalized spacial score (nSPS) is 21.7. The van der Waals surface area contributed by atoms with E-state index in [1.54, 1.807) is 23.2 Å². The van der Waals surface area contributed by atoms with Crippen LogP contribution in [-0.4, -0.2) is 24.0 Å². The van der Waals surface area contributed by atoms with Crippen molar-refractivity contribution in [3.63, 3.8) is 0 Å². The number of hydrogen-bond acceptors (Lipinski definition) is 5. The number of benzene rings is 1. The lowest BCUT2D eigenvalue weighted by molar-refractivity contribution is -0.123. The van der Waals surface area contributed by atoms with Crippen molar-refractivity contribution in [2.45, 2.75) is 12.0 Å². The van der Waals surface area contributed by atoms with Crippen molar-refractivity contribution in [2.24, 2.45) is 0 Å². The van der Waals surface area contributed by atoms with Crippen molar-refractivity contribution < 1.29 is 23.4 Å². The molecule has 1 spiro atoms. The van der Waals surface area contributed by atoms with Crippen molar-refractivity contribution in [2.75, 3.05) is 18.4 Å². The Hall–Kier alpha value is -3.06. The molecule has 1 amide bonds. The van der Waals surface area contributed by atoms with Crippen molar-refractivity contribution >= 4 is 17.5 Å². The van der Waals surface area contributed by atoms with Crippen molar-refractivity contribution in [3.8, 4) is 17.2 Å². The van der Waals surface area contributed by atoms with E-state index < -0.39 is 5.41 Å². The number of carbonyl (C=O) groups excluding carboxylic acids is 1. The third kappa shape index (κ3) is 1.84. The number of amides is 1. The summed E-state index contributed by atoms with van der Waals surface area (Å²) in [7, 11) is 0. The number of furan rings is 1. The van der Waals surface area contributed by atoms with Crippen LogP contribution >= 0.6 is 11.6 Å². The fraction of sp³-hybridized carbons (Fsp3) is 0.211. The highest BCUT2D eigenvalue weighted by atomic mass is 35.5. The topological polar surface area (TPSA) is 66.1 Å². The molecular formula is C19H13ClN2O5. The van der Waals surface area contributed by atoms with Crippen molar-refractivity contribution in [3.05, 3.63) is 64.8 Å². The monoisotopic (exact) mass is 384 g/mol. The molecule has 1 unspecified atom stereocenters. The van der Waals surface area contributed by atoms with Gasteiger partial charge in [-0.15, -0.1) is 0 Å². The number of rotatable bonds is 2. The Balaban J connectivity index is 1.49. The maximum Gasteiger partial charge on any atom is 0.262 e. The van der Waals surface area contributed by atoms with E-state index in [0.717, 1.165) is 11.3 Å². The van der Waals surface area contributed by atoms with Crippen LogP contribution in [0.4, 0.5) is 0 Å². The molecule has 1 atom stereocenters. The van der Waals surface area contributed by atoms with Crippen LogP contribution < -0.4 is 19.2 Å². The molecule has 0 fully saturated rings. The predicted molar refractivity (Wildman–Crippen MR) is 93.9 cm³/mol. The van der Waals surface area contributed by atoms with Crippen LogP contribution in [0, 0.1) is 0 Å². The Morgan fingerprint density at radius 3 is 2.74 bits per heavy atom. The van der Waals surface area contributed by atoms with Crippen molar-refractivity contribution in [1.29, 1.82) is 0 Å². The Kier molecular flexibility index (Phi) is 2.79. The number of aromatic nitrogens is 1. The minimum atomic E-state index is -0.920. The molecule has 3 aromatic rings. The molecule has 5 heterocycles. The minimum Gasteiger partial charge on any atom is -0.491 e. The van der Waals surface area contributed by atoms with Gasteiger partial charge in [-0.25, -0.2) is 5.01 Å². The molecule has 0 saturated heterocycles. The summed E-state index contributed by atoms with van der Waals surface area (Å²) in [4.78, 5) is 13.6. The molecule has 3 aliphatic heterocycles. The second kappa shape index (κ2) is 5.01. The van der Waals surface area contributed by atoms with Gasteiger partial charge in [0.25, 0.3) is 5.91 Å². The van der Waals surface area contributed by atoms with Gasteiger partial charge < -0.3 is 18.6 Å².